The second-order valence-corrected chi connectivity index (χ2v) is 4.27. The quantitative estimate of drug-likeness (QED) is 0.733. The van der Waals surface area contributed by atoms with Crippen molar-refractivity contribution in [2.45, 2.75) is 40.2 Å². The first-order valence-corrected chi connectivity index (χ1v) is 5.19. The van der Waals surface area contributed by atoms with Gasteiger partial charge in [-0.2, -0.15) is 0 Å². The van der Waals surface area contributed by atoms with Crippen LogP contribution in [0.25, 0.3) is 0 Å². The van der Waals surface area contributed by atoms with E-state index in [2.05, 4.69) is 24.9 Å². The SMILES string of the molecule is CC(C)Cc1ccc(OC(C)C)nc1. The fraction of sp³-hybridized carbons (Fsp3) is 0.583. The molecule has 0 aromatic carbocycles. The Morgan fingerprint density at radius 3 is 2.36 bits per heavy atom. The standard InChI is InChI=1S/C12H19NO/c1-9(2)7-11-5-6-12(13-8-11)14-10(3)4/h5-6,8-10H,7H2,1-4H3. The van der Waals surface area contributed by atoms with Gasteiger partial charge in [0.1, 0.15) is 0 Å². The lowest BCUT2D eigenvalue weighted by Gasteiger charge is -2.09. The van der Waals surface area contributed by atoms with E-state index in [9.17, 15) is 0 Å². The van der Waals surface area contributed by atoms with Gasteiger partial charge in [0, 0.05) is 12.3 Å². The third-order valence-electron chi connectivity index (χ3n) is 1.80. The average Bonchev–Trinajstić information content (AvgIpc) is 2.06. The molecule has 0 aliphatic carbocycles. The van der Waals surface area contributed by atoms with Crippen molar-refractivity contribution in [3.05, 3.63) is 23.9 Å². The molecule has 0 aliphatic rings. The summed E-state index contributed by atoms with van der Waals surface area (Å²) in [4.78, 5) is 4.25. The summed E-state index contributed by atoms with van der Waals surface area (Å²) >= 11 is 0. The number of hydrogen-bond donors (Lipinski definition) is 0. The minimum Gasteiger partial charge on any atom is -0.475 e. The molecule has 78 valence electrons. The van der Waals surface area contributed by atoms with Crippen molar-refractivity contribution < 1.29 is 4.74 Å². The maximum Gasteiger partial charge on any atom is 0.213 e. The Hall–Kier alpha value is -1.05. The highest BCUT2D eigenvalue weighted by Crippen LogP contribution is 2.12. The first kappa shape index (κ1) is 11.0. The summed E-state index contributed by atoms with van der Waals surface area (Å²) in [6.45, 7) is 8.42. The molecule has 0 saturated carbocycles. The lowest BCUT2D eigenvalue weighted by molar-refractivity contribution is 0.232. The highest BCUT2D eigenvalue weighted by atomic mass is 16.5. The summed E-state index contributed by atoms with van der Waals surface area (Å²) in [5, 5.41) is 0. The molecule has 0 saturated heterocycles. The highest BCUT2D eigenvalue weighted by Gasteiger charge is 2.01. The molecule has 0 radical (unpaired) electrons. The van der Waals surface area contributed by atoms with Gasteiger partial charge in [-0.3, -0.25) is 0 Å². The van der Waals surface area contributed by atoms with Crippen molar-refractivity contribution in [3.63, 3.8) is 0 Å². The zero-order valence-electron chi connectivity index (χ0n) is 9.45. The van der Waals surface area contributed by atoms with Crippen LogP contribution in [-0.2, 0) is 6.42 Å². The molecule has 1 rings (SSSR count). The Morgan fingerprint density at radius 1 is 1.21 bits per heavy atom. The van der Waals surface area contributed by atoms with Gasteiger partial charge in [0.2, 0.25) is 5.88 Å². The van der Waals surface area contributed by atoms with Crippen LogP contribution in [-0.4, -0.2) is 11.1 Å². The molecule has 0 amide bonds. The van der Waals surface area contributed by atoms with E-state index in [1.165, 1.54) is 5.56 Å². The van der Waals surface area contributed by atoms with Crippen LogP contribution in [0.4, 0.5) is 0 Å². The summed E-state index contributed by atoms with van der Waals surface area (Å²) in [6, 6.07) is 4.03. The number of aromatic nitrogens is 1. The fourth-order valence-electron chi connectivity index (χ4n) is 1.31. The van der Waals surface area contributed by atoms with Crippen LogP contribution >= 0.6 is 0 Å². The molecule has 1 aromatic heterocycles. The Morgan fingerprint density at radius 2 is 1.93 bits per heavy atom. The third-order valence-corrected chi connectivity index (χ3v) is 1.80. The molecule has 0 unspecified atom stereocenters. The zero-order valence-corrected chi connectivity index (χ0v) is 9.45. The van der Waals surface area contributed by atoms with Gasteiger partial charge in [-0.15, -0.1) is 0 Å². The minimum absolute atomic E-state index is 0.193. The maximum absolute atomic E-state index is 5.46. The van der Waals surface area contributed by atoms with Crippen LogP contribution in [0.2, 0.25) is 0 Å². The van der Waals surface area contributed by atoms with E-state index in [1.54, 1.807) is 0 Å². The van der Waals surface area contributed by atoms with E-state index >= 15 is 0 Å². The molecular formula is C12H19NO. The second-order valence-electron chi connectivity index (χ2n) is 4.27. The Labute approximate surface area is 86.3 Å². The maximum atomic E-state index is 5.46. The molecule has 0 atom stereocenters. The summed E-state index contributed by atoms with van der Waals surface area (Å²) in [6.07, 6.45) is 3.17. The van der Waals surface area contributed by atoms with Gasteiger partial charge in [0.15, 0.2) is 0 Å². The van der Waals surface area contributed by atoms with Crippen molar-refractivity contribution >= 4 is 0 Å². The Kier molecular flexibility index (Phi) is 3.93. The smallest absolute Gasteiger partial charge is 0.213 e. The van der Waals surface area contributed by atoms with Gasteiger partial charge in [-0.1, -0.05) is 19.9 Å². The van der Waals surface area contributed by atoms with Gasteiger partial charge in [-0.05, 0) is 31.7 Å². The molecular weight excluding hydrogens is 174 g/mol. The van der Waals surface area contributed by atoms with E-state index in [0.29, 0.717) is 11.8 Å². The molecule has 1 heterocycles. The fourth-order valence-corrected chi connectivity index (χ4v) is 1.31. The second kappa shape index (κ2) is 4.99. The number of rotatable bonds is 4. The van der Waals surface area contributed by atoms with Gasteiger partial charge in [0.05, 0.1) is 6.10 Å². The Balaban J connectivity index is 2.59. The lowest BCUT2D eigenvalue weighted by atomic mass is 10.1. The third kappa shape index (κ3) is 3.77. The molecule has 14 heavy (non-hydrogen) atoms. The highest BCUT2D eigenvalue weighted by molar-refractivity contribution is 5.18. The van der Waals surface area contributed by atoms with Crippen LogP contribution in [0, 0.1) is 5.92 Å². The van der Waals surface area contributed by atoms with Crippen molar-refractivity contribution in [3.8, 4) is 5.88 Å². The van der Waals surface area contributed by atoms with E-state index < -0.39 is 0 Å². The minimum atomic E-state index is 0.193. The summed E-state index contributed by atoms with van der Waals surface area (Å²) in [5.41, 5.74) is 1.27. The van der Waals surface area contributed by atoms with E-state index in [4.69, 9.17) is 4.74 Å². The monoisotopic (exact) mass is 193 g/mol. The Bertz CT molecular complexity index is 235. The number of pyridine rings is 1. The number of nitrogens with zero attached hydrogens (tertiary/aromatic N) is 1. The first-order valence-electron chi connectivity index (χ1n) is 5.19. The van der Waals surface area contributed by atoms with Crippen LogP contribution in [0.1, 0.15) is 33.3 Å². The number of hydrogen-bond acceptors (Lipinski definition) is 2. The molecule has 2 nitrogen and oxygen atoms in total. The lowest BCUT2D eigenvalue weighted by Crippen LogP contribution is -2.07. The predicted molar refractivity (Wildman–Crippen MR) is 58.5 cm³/mol. The average molecular weight is 193 g/mol. The molecule has 0 spiro atoms. The van der Waals surface area contributed by atoms with Crippen LogP contribution < -0.4 is 4.74 Å². The van der Waals surface area contributed by atoms with E-state index in [0.717, 1.165) is 6.42 Å². The summed E-state index contributed by atoms with van der Waals surface area (Å²) in [5.74, 6) is 1.39. The van der Waals surface area contributed by atoms with Gasteiger partial charge in [-0.25, -0.2) is 4.98 Å². The topological polar surface area (TPSA) is 22.1 Å². The molecule has 1 aromatic rings. The van der Waals surface area contributed by atoms with Crippen LogP contribution in [0.3, 0.4) is 0 Å². The molecule has 0 aliphatic heterocycles. The molecule has 0 bridgehead atoms. The predicted octanol–water partition coefficient (Wildman–Crippen LogP) is 3.07. The van der Waals surface area contributed by atoms with Gasteiger partial charge >= 0.3 is 0 Å². The molecule has 2 heteroatoms. The van der Waals surface area contributed by atoms with Crippen molar-refractivity contribution in [2.24, 2.45) is 5.92 Å². The number of ether oxygens (including phenoxy) is 1. The van der Waals surface area contributed by atoms with Crippen molar-refractivity contribution in [1.82, 2.24) is 4.98 Å². The van der Waals surface area contributed by atoms with Crippen LogP contribution in [0.15, 0.2) is 18.3 Å². The van der Waals surface area contributed by atoms with E-state index in [-0.39, 0.29) is 6.10 Å². The van der Waals surface area contributed by atoms with Crippen LogP contribution in [0.5, 0.6) is 5.88 Å². The van der Waals surface area contributed by atoms with Crippen molar-refractivity contribution in [1.29, 1.82) is 0 Å². The molecule has 0 N–H and O–H groups in total. The normalized spacial score (nSPS) is 11.0. The van der Waals surface area contributed by atoms with E-state index in [1.807, 2.05) is 26.1 Å². The summed E-state index contributed by atoms with van der Waals surface area (Å²) in [7, 11) is 0. The summed E-state index contributed by atoms with van der Waals surface area (Å²) < 4.78 is 5.46. The first-order chi connectivity index (χ1) is 6.58. The molecule has 0 fully saturated rings. The largest absolute Gasteiger partial charge is 0.475 e. The van der Waals surface area contributed by atoms with Crippen molar-refractivity contribution in [2.75, 3.05) is 0 Å². The zero-order chi connectivity index (χ0) is 10.6. The van der Waals surface area contributed by atoms with Gasteiger partial charge < -0.3 is 4.74 Å². The van der Waals surface area contributed by atoms with Gasteiger partial charge in [0.25, 0.3) is 0 Å².